The number of thioether (sulfide) groups is 1. The lowest BCUT2D eigenvalue weighted by Crippen LogP contribution is -2.65. The Morgan fingerprint density at radius 2 is 2.00 bits per heavy atom. The zero-order valence-corrected chi connectivity index (χ0v) is 12.1. The lowest BCUT2D eigenvalue weighted by atomic mass is 9.94. The van der Waals surface area contributed by atoms with Crippen LogP contribution in [0.25, 0.3) is 0 Å². The number of rotatable bonds is 3. The second kappa shape index (κ2) is 5.91. The fourth-order valence-corrected chi connectivity index (χ4v) is 4.27. The minimum atomic E-state index is 0.156. The molecule has 3 nitrogen and oxygen atoms in total. The molecule has 3 N–H and O–H groups in total. The summed E-state index contributed by atoms with van der Waals surface area (Å²) in [4.78, 5) is 0. The smallest absolute Gasteiger partial charge is 0.0538 e. The highest BCUT2D eigenvalue weighted by Gasteiger charge is 2.36. The highest BCUT2D eigenvalue weighted by Crippen LogP contribution is 2.29. The van der Waals surface area contributed by atoms with Crippen LogP contribution in [0.3, 0.4) is 0 Å². The van der Waals surface area contributed by atoms with E-state index in [-0.39, 0.29) is 5.54 Å². The monoisotopic (exact) mass is 257 g/mol. The maximum Gasteiger partial charge on any atom is 0.0538 e. The first-order chi connectivity index (χ1) is 8.17. The standard InChI is InChI=1S/C13H27N3S/c1-11-5-3-6-12(2)16(11)15-13(9-14)7-4-8-17-10-13/h11-12,15H,3-10,14H2,1-2H3. The van der Waals surface area contributed by atoms with Crippen LogP contribution in [0.15, 0.2) is 0 Å². The summed E-state index contributed by atoms with van der Waals surface area (Å²) in [6.07, 6.45) is 6.51. The van der Waals surface area contributed by atoms with Gasteiger partial charge in [-0.3, -0.25) is 0 Å². The Bertz CT molecular complexity index is 231. The van der Waals surface area contributed by atoms with Crippen molar-refractivity contribution >= 4 is 11.8 Å². The summed E-state index contributed by atoms with van der Waals surface area (Å²) in [5, 5.41) is 2.49. The van der Waals surface area contributed by atoms with Gasteiger partial charge in [0.1, 0.15) is 0 Å². The highest BCUT2D eigenvalue weighted by atomic mass is 32.2. The second-order valence-corrected chi connectivity index (χ2v) is 6.89. The average molecular weight is 257 g/mol. The van der Waals surface area contributed by atoms with Crippen molar-refractivity contribution in [3.63, 3.8) is 0 Å². The van der Waals surface area contributed by atoms with Gasteiger partial charge in [0.25, 0.3) is 0 Å². The normalized spacial score (nSPS) is 40.4. The summed E-state index contributed by atoms with van der Waals surface area (Å²) in [6.45, 7) is 5.43. The lowest BCUT2D eigenvalue weighted by molar-refractivity contribution is 0.00488. The Kier molecular flexibility index (Phi) is 4.75. The number of hydrogen-bond acceptors (Lipinski definition) is 4. The van der Waals surface area contributed by atoms with Crippen LogP contribution in [0, 0.1) is 0 Å². The molecule has 0 amide bonds. The Morgan fingerprint density at radius 1 is 1.29 bits per heavy atom. The number of piperidine rings is 1. The topological polar surface area (TPSA) is 41.3 Å². The third-order valence-corrected chi connectivity index (χ3v) is 5.61. The molecule has 0 aromatic heterocycles. The quantitative estimate of drug-likeness (QED) is 0.811. The first-order valence-corrected chi connectivity index (χ1v) is 8.16. The van der Waals surface area contributed by atoms with Crippen LogP contribution in [-0.4, -0.2) is 40.7 Å². The fourth-order valence-electron chi connectivity index (χ4n) is 3.06. The van der Waals surface area contributed by atoms with Gasteiger partial charge in [0.15, 0.2) is 0 Å². The molecule has 2 rings (SSSR count). The molecule has 0 radical (unpaired) electrons. The van der Waals surface area contributed by atoms with Gasteiger partial charge in [-0.1, -0.05) is 6.42 Å². The Morgan fingerprint density at radius 3 is 2.53 bits per heavy atom. The van der Waals surface area contributed by atoms with Crippen molar-refractivity contribution in [1.29, 1.82) is 0 Å². The minimum absolute atomic E-state index is 0.156. The molecule has 0 aliphatic carbocycles. The van der Waals surface area contributed by atoms with Crippen molar-refractivity contribution in [2.75, 3.05) is 18.1 Å². The van der Waals surface area contributed by atoms with Gasteiger partial charge in [-0.05, 0) is 45.3 Å². The van der Waals surface area contributed by atoms with Gasteiger partial charge >= 0.3 is 0 Å². The van der Waals surface area contributed by atoms with Gasteiger partial charge in [0, 0.05) is 24.4 Å². The van der Waals surface area contributed by atoms with E-state index in [0.29, 0.717) is 12.1 Å². The molecule has 2 aliphatic heterocycles. The molecule has 0 bridgehead atoms. The molecule has 3 atom stereocenters. The number of nitrogens with zero attached hydrogens (tertiary/aromatic N) is 1. The molecular formula is C13H27N3S. The van der Waals surface area contributed by atoms with Crippen LogP contribution < -0.4 is 11.2 Å². The van der Waals surface area contributed by atoms with E-state index >= 15 is 0 Å². The molecule has 17 heavy (non-hydrogen) atoms. The molecule has 3 unspecified atom stereocenters. The summed E-state index contributed by atoms with van der Waals surface area (Å²) in [5.41, 5.74) is 10.0. The Hall–Kier alpha value is 0.230. The molecular weight excluding hydrogens is 230 g/mol. The van der Waals surface area contributed by atoms with E-state index in [1.165, 1.54) is 43.6 Å². The largest absolute Gasteiger partial charge is 0.329 e. The van der Waals surface area contributed by atoms with Gasteiger partial charge in [-0.25, -0.2) is 10.4 Å². The highest BCUT2D eigenvalue weighted by molar-refractivity contribution is 7.99. The zero-order valence-electron chi connectivity index (χ0n) is 11.2. The van der Waals surface area contributed by atoms with Crippen LogP contribution in [0.2, 0.25) is 0 Å². The summed E-state index contributed by atoms with van der Waals surface area (Å²) in [6, 6.07) is 1.29. The summed E-state index contributed by atoms with van der Waals surface area (Å²) < 4.78 is 0. The van der Waals surface area contributed by atoms with Crippen molar-refractivity contribution in [2.45, 2.75) is 63.6 Å². The van der Waals surface area contributed by atoms with E-state index in [4.69, 9.17) is 5.73 Å². The summed E-state index contributed by atoms with van der Waals surface area (Å²) in [7, 11) is 0. The van der Waals surface area contributed by atoms with Crippen LogP contribution in [-0.2, 0) is 0 Å². The molecule has 0 aromatic carbocycles. The first-order valence-electron chi connectivity index (χ1n) is 7.01. The molecule has 2 heterocycles. The van der Waals surface area contributed by atoms with Crippen molar-refractivity contribution < 1.29 is 0 Å². The van der Waals surface area contributed by atoms with E-state index in [1.807, 2.05) is 11.8 Å². The molecule has 100 valence electrons. The fraction of sp³-hybridized carbons (Fsp3) is 1.00. The van der Waals surface area contributed by atoms with E-state index < -0.39 is 0 Å². The third kappa shape index (κ3) is 3.16. The summed E-state index contributed by atoms with van der Waals surface area (Å²) in [5.74, 6) is 2.47. The number of hydrazine groups is 1. The van der Waals surface area contributed by atoms with E-state index in [9.17, 15) is 0 Å². The van der Waals surface area contributed by atoms with E-state index in [0.717, 1.165) is 6.54 Å². The summed E-state index contributed by atoms with van der Waals surface area (Å²) >= 11 is 2.05. The van der Waals surface area contributed by atoms with Crippen LogP contribution in [0.4, 0.5) is 0 Å². The molecule has 2 aliphatic rings. The first kappa shape index (κ1) is 13.7. The van der Waals surface area contributed by atoms with Crippen LogP contribution in [0.1, 0.15) is 46.0 Å². The van der Waals surface area contributed by atoms with Crippen molar-refractivity contribution in [1.82, 2.24) is 10.4 Å². The maximum absolute atomic E-state index is 6.04. The minimum Gasteiger partial charge on any atom is -0.329 e. The van der Waals surface area contributed by atoms with E-state index in [2.05, 4.69) is 24.3 Å². The van der Waals surface area contributed by atoms with Crippen LogP contribution >= 0.6 is 11.8 Å². The molecule has 2 saturated heterocycles. The zero-order chi connectivity index (χ0) is 12.3. The van der Waals surface area contributed by atoms with Gasteiger partial charge < -0.3 is 5.73 Å². The molecule has 2 fully saturated rings. The van der Waals surface area contributed by atoms with Gasteiger partial charge in [-0.2, -0.15) is 11.8 Å². The average Bonchev–Trinajstić information content (AvgIpc) is 2.35. The number of nitrogens with two attached hydrogens (primary N) is 1. The predicted molar refractivity (Wildman–Crippen MR) is 76.1 cm³/mol. The molecule has 4 heteroatoms. The molecule has 0 spiro atoms. The van der Waals surface area contributed by atoms with Gasteiger partial charge in [-0.15, -0.1) is 0 Å². The Balaban J connectivity index is 2.00. The third-order valence-electron chi connectivity index (χ3n) is 4.27. The second-order valence-electron chi connectivity index (χ2n) is 5.79. The maximum atomic E-state index is 6.04. The van der Waals surface area contributed by atoms with Crippen LogP contribution in [0.5, 0.6) is 0 Å². The predicted octanol–water partition coefficient (Wildman–Crippen LogP) is 1.98. The molecule has 0 aromatic rings. The van der Waals surface area contributed by atoms with Crippen molar-refractivity contribution in [3.8, 4) is 0 Å². The van der Waals surface area contributed by atoms with Gasteiger partial charge in [0.05, 0.1) is 5.54 Å². The van der Waals surface area contributed by atoms with Crippen molar-refractivity contribution in [3.05, 3.63) is 0 Å². The Labute approximate surface area is 110 Å². The van der Waals surface area contributed by atoms with E-state index in [1.54, 1.807) is 0 Å². The number of nitrogens with one attached hydrogen (secondary N) is 1. The SMILES string of the molecule is CC1CCCC(C)N1NC1(CN)CCCSC1. The molecule has 0 saturated carbocycles. The lowest BCUT2D eigenvalue weighted by Gasteiger charge is -2.47. The van der Waals surface area contributed by atoms with Gasteiger partial charge in [0.2, 0.25) is 0 Å². The van der Waals surface area contributed by atoms with Crippen molar-refractivity contribution in [2.24, 2.45) is 5.73 Å². The number of hydrogen-bond donors (Lipinski definition) is 2.